The third-order valence-electron chi connectivity index (χ3n) is 5.09. The molecule has 1 aliphatic heterocycles. The normalized spacial score (nSPS) is 17.1. The standard InChI is InChI=1S/C19H28N6O/c1-16-8-12-24(13-9-16)11-5-10-20-19(26)18(25-15-21-22-23-25)14-17-6-3-2-4-7-17/h2-4,6-7,15-16,18H,5,8-14H2,1H3,(H,20,26). The van der Waals surface area contributed by atoms with Gasteiger partial charge in [-0.3, -0.25) is 4.79 Å². The first-order chi connectivity index (χ1) is 12.7. The second kappa shape index (κ2) is 9.43. The largest absolute Gasteiger partial charge is 0.354 e. The summed E-state index contributed by atoms with van der Waals surface area (Å²) in [6.45, 7) is 6.40. The maximum atomic E-state index is 12.7. The van der Waals surface area contributed by atoms with Crippen LogP contribution in [0.25, 0.3) is 0 Å². The van der Waals surface area contributed by atoms with Crippen LogP contribution in [0.1, 0.15) is 37.8 Å². The number of likely N-dealkylation sites (tertiary alicyclic amines) is 1. The van der Waals surface area contributed by atoms with E-state index in [4.69, 9.17) is 0 Å². The molecule has 7 nitrogen and oxygen atoms in total. The Balaban J connectivity index is 1.48. The Labute approximate surface area is 154 Å². The van der Waals surface area contributed by atoms with Crippen molar-refractivity contribution in [2.75, 3.05) is 26.2 Å². The lowest BCUT2D eigenvalue weighted by atomic mass is 9.99. The van der Waals surface area contributed by atoms with Crippen LogP contribution in [-0.2, 0) is 11.2 Å². The van der Waals surface area contributed by atoms with Gasteiger partial charge in [0, 0.05) is 13.0 Å². The van der Waals surface area contributed by atoms with Gasteiger partial charge in [-0.1, -0.05) is 37.3 Å². The van der Waals surface area contributed by atoms with Crippen LogP contribution >= 0.6 is 0 Å². The fourth-order valence-electron chi connectivity index (χ4n) is 3.37. The molecule has 1 aromatic heterocycles. The van der Waals surface area contributed by atoms with Crippen molar-refractivity contribution in [3.8, 4) is 0 Å². The number of tetrazole rings is 1. The van der Waals surface area contributed by atoms with Crippen LogP contribution in [0.5, 0.6) is 0 Å². The first kappa shape index (κ1) is 18.5. The number of aromatic nitrogens is 4. The summed E-state index contributed by atoms with van der Waals surface area (Å²) < 4.78 is 1.54. The van der Waals surface area contributed by atoms with Gasteiger partial charge in [-0.2, -0.15) is 0 Å². The topological polar surface area (TPSA) is 75.9 Å². The third kappa shape index (κ3) is 5.36. The molecule has 0 aliphatic carbocycles. The molecule has 1 aromatic carbocycles. The van der Waals surface area contributed by atoms with E-state index in [1.165, 1.54) is 36.9 Å². The predicted octanol–water partition coefficient (Wildman–Crippen LogP) is 1.70. The number of nitrogens with zero attached hydrogens (tertiary/aromatic N) is 5. The van der Waals surface area contributed by atoms with E-state index in [9.17, 15) is 4.79 Å². The van der Waals surface area contributed by atoms with Gasteiger partial charge in [0.15, 0.2) is 0 Å². The second-order valence-electron chi connectivity index (χ2n) is 7.16. The van der Waals surface area contributed by atoms with Crippen molar-refractivity contribution in [2.45, 2.75) is 38.6 Å². The molecule has 0 radical (unpaired) electrons. The van der Waals surface area contributed by atoms with Gasteiger partial charge in [0.1, 0.15) is 12.4 Å². The Hall–Kier alpha value is -2.28. The highest BCUT2D eigenvalue weighted by atomic mass is 16.2. The Bertz CT molecular complexity index is 652. The zero-order valence-corrected chi connectivity index (χ0v) is 15.4. The summed E-state index contributed by atoms with van der Waals surface area (Å²) in [4.78, 5) is 15.2. The molecule has 3 rings (SSSR count). The molecule has 1 unspecified atom stereocenters. The lowest BCUT2D eigenvalue weighted by Gasteiger charge is -2.30. The first-order valence-corrected chi connectivity index (χ1v) is 9.49. The van der Waals surface area contributed by atoms with E-state index in [0.717, 1.165) is 24.4 Å². The number of rotatable bonds is 8. The van der Waals surface area contributed by atoms with Crippen LogP contribution in [0, 0.1) is 5.92 Å². The Kier molecular flexibility index (Phi) is 6.71. The number of carbonyl (C=O) groups is 1. The Morgan fingerprint density at radius 3 is 2.73 bits per heavy atom. The Morgan fingerprint density at radius 2 is 2.04 bits per heavy atom. The maximum Gasteiger partial charge on any atom is 0.245 e. The number of hydrogen-bond donors (Lipinski definition) is 1. The molecule has 0 bridgehead atoms. The van der Waals surface area contributed by atoms with Gasteiger partial charge in [-0.05, 0) is 60.8 Å². The first-order valence-electron chi connectivity index (χ1n) is 9.49. The smallest absolute Gasteiger partial charge is 0.245 e. The molecule has 1 N–H and O–H groups in total. The zero-order chi connectivity index (χ0) is 18.2. The second-order valence-corrected chi connectivity index (χ2v) is 7.16. The zero-order valence-electron chi connectivity index (χ0n) is 15.4. The van der Waals surface area contributed by atoms with E-state index in [1.54, 1.807) is 0 Å². The minimum atomic E-state index is -0.428. The molecule has 2 heterocycles. The predicted molar refractivity (Wildman–Crippen MR) is 99.5 cm³/mol. The number of benzene rings is 1. The highest BCUT2D eigenvalue weighted by molar-refractivity contribution is 5.80. The highest BCUT2D eigenvalue weighted by Gasteiger charge is 2.22. The maximum absolute atomic E-state index is 12.7. The fraction of sp³-hybridized carbons (Fsp3) is 0.579. The molecule has 140 valence electrons. The van der Waals surface area contributed by atoms with Gasteiger partial charge in [0.05, 0.1) is 0 Å². The van der Waals surface area contributed by atoms with Crippen molar-refractivity contribution < 1.29 is 4.79 Å². The van der Waals surface area contributed by atoms with Crippen molar-refractivity contribution in [3.05, 3.63) is 42.2 Å². The third-order valence-corrected chi connectivity index (χ3v) is 5.09. The summed E-state index contributed by atoms with van der Waals surface area (Å²) in [5.41, 5.74) is 1.09. The molecule has 1 fully saturated rings. The number of amides is 1. The van der Waals surface area contributed by atoms with Crippen molar-refractivity contribution in [2.24, 2.45) is 5.92 Å². The molecular weight excluding hydrogens is 328 g/mol. The molecule has 26 heavy (non-hydrogen) atoms. The quantitative estimate of drug-likeness (QED) is 0.729. The van der Waals surface area contributed by atoms with Gasteiger partial charge in [-0.15, -0.1) is 5.10 Å². The fourth-order valence-corrected chi connectivity index (χ4v) is 3.37. The van der Waals surface area contributed by atoms with Gasteiger partial charge in [0.2, 0.25) is 5.91 Å². The van der Waals surface area contributed by atoms with Crippen molar-refractivity contribution in [1.29, 1.82) is 0 Å². The lowest BCUT2D eigenvalue weighted by molar-refractivity contribution is -0.124. The van der Waals surface area contributed by atoms with Crippen LogP contribution in [0.3, 0.4) is 0 Å². The summed E-state index contributed by atoms with van der Waals surface area (Å²) in [5.74, 6) is 0.814. The molecule has 0 saturated carbocycles. The van der Waals surface area contributed by atoms with Crippen molar-refractivity contribution >= 4 is 5.91 Å². The monoisotopic (exact) mass is 356 g/mol. The van der Waals surface area contributed by atoms with E-state index in [0.29, 0.717) is 13.0 Å². The Morgan fingerprint density at radius 1 is 1.27 bits per heavy atom. The van der Waals surface area contributed by atoms with E-state index < -0.39 is 6.04 Å². The molecule has 7 heteroatoms. The summed E-state index contributed by atoms with van der Waals surface area (Å²) in [7, 11) is 0. The van der Waals surface area contributed by atoms with Crippen LogP contribution < -0.4 is 5.32 Å². The minimum absolute atomic E-state index is 0.0339. The van der Waals surface area contributed by atoms with E-state index in [2.05, 4.69) is 32.7 Å². The highest BCUT2D eigenvalue weighted by Crippen LogP contribution is 2.16. The van der Waals surface area contributed by atoms with Gasteiger partial charge in [-0.25, -0.2) is 4.68 Å². The summed E-state index contributed by atoms with van der Waals surface area (Å²) >= 11 is 0. The average molecular weight is 356 g/mol. The number of carbonyl (C=O) groups excluding carboxylic acids is 1. The molecule has 1 aliphatic rings. The van der Waals surface area contributed by atoms with Crippen LogP contribution in [-0.4, -0.2) is 57.2 Å². The van der Waals surface area contributed by atoms with E-state index in [1.807, 2.05) is 30.3 Å². The van der Waals surface area contributed by atoms with Crippen molar-refractivity contribution in [1.82, 2.24) is 30.4 Å². The minimum Gasteiger partial charge on any atom is -0.354 e. The molecule has 1 saturated heterocycles. The number of piperidine rings is 1. The van der Waals surface area contributed by atoms with Gasteiger partial charge in [0.25, 0.3) is 0 Å². The lowest BCUT2D eigenvalue weighted by Crippen LogP contribution is -2.37. The van der Waals surface area contributed by atoms with Crippen LogP contribution in [0.15, 0.2) is 36.7 Å². The van der Waals surface area contributed by atoms with E-state index in [-0.39, 0.29) is 5.91 Å². The number of hydrogen-bond acceptors (Lipinski definition) is 5. The van der Waals surface area contributed by atoms with Crippen LogP contribution in [0.4, 0.5) is 0 Å². The summed E-state index contributed by atoms with van der Waals surface area (Å²) in [6, 6.07) is 9.52. The van der Waals surface area contributed by atoms with Gasteiger partial charge >= 0.3 is 0 Å². The molecule has 1 amide bonds. The molecule has 0 spiro atoms. The molecule has 2 aromatic rings. The van der Waals surface area contributed by atoms with E-state index >= 15 is 0 Å². The average Bonchev–Trinajstić information content (AvgIpc) is 3.20. The van der Waals surface area contributed by atoms with Gasteiger partial charge < -0.3 is 10.2 Å². The van der Waals surface area contributed by atoms with Crippen LogP contribution in [0.2, 0.25) is 0 Å². The van der Waals surface area contributed by atoms with Crippen molar-refractivity contribution in [3.63, 3.8) is 0 Å². The number of nitrogens with one attached hydrogen (secondary N) is 1. The molecular formula is C19H28N6O. The summed E-state index contributed by atoms with van der Waals surface area (Å²) in [5, 5.41) is 14.3. The SMILES string of the molecule is CC1CCN(CCCNC(=O)C(Cc2ccccc2)n2cnnn2)CC1. The summed E-state index contributed by atoms with van der Waals surface area (Å²) in [6.07, 6.45) is 5.60. The molecule has 1 atom stereocenters.